The molecule has 0 saturated carbocycles. The summed E-state index contributed by atoms with van der Waals surface area (Å²) in [6, 6.07) is 10.1. The van der Waals surface area contributed by atoms with Gasteiger partial charge >= 0.3 is 5.91 Å². The molecule has 1 atom stereocenters. The summed E-state index contributed by atoms with van der Waals surface area (Å²) in [5.74, 6) is -2.11. The van der Waals surface area contributed by atoms with E-state index in [4.69, 9.17) is 4.74 Å². The maximum atomic E-state index is 13.4. The van der Waals surface area contributed by atoms with Gasteiger partial charge in [-0.3, -0.25) is 19.7 Å². The average molecular weight is 492 g/mol. The number of methoxy groups -OCH3 is 1. The second-order valence-corrected chi connectivity index (χ2v) is 8.93. The van der Waals surface area contributed by atoms with Gasteiger partial charge in [0.1, 0.15) is 0 Å². The lowest BCUT2D eigenvalue weighted by Crippen LogP contribution is -2.31. The molecule has 1 aliphatic rings. The Morgan fingerprint density at radius 3 is 2.77 bits per heavy atom. The molecule has 12 heteroatoms. The number of fused-ring (bicyclic) bond motifs is 1. The first-order valence-corrected chi connectivity index (χ1v) is 11.8. The lowest BCUT2D eigenvalue weighted by molar-refractivity contribution is -0.112. The Hall–Kier alpha value is -4.19. The number of aromatic nitrogens is 5. The van der Waals surface area contributed by atoms with E-state index < -0.39 is 11.7 Å². The number of nitrogens with zero attached hydrogens (tertiary/aromatic N) is 6. The summed E-state index contributed by atoms with van der Waals surface area (Å²) in [5.41, 5.74) is 1.35. The van der Waals surface area contributed by atoms with Gasteiger partial charge < -0.3 is 9.64 Å². The number of amides is 2. The third kappa shape index (κ3) is 4.60. The lowest BCUT2D eigenvalue weighted by atomic mass is 9.99. The zero-order valence-corrected chi connectivity index (χ0v) is 19.6. The van der Waals surface area contributed by atoms with Crippen LogP contribution in [0.4, 0.5) is 5.13 Å². The predicted octanol–water partition coefficient (Wildman–Crippen LogP) is 2.12. The Bertz CT molecular complexity index is 1390. The molecular weight excluding hydrogens is 470 g/mol. The van der Waals surface area contributed by atoms with Crippen molar-refractivity contribution in [3.63, 3.8) is 0 Å². The fourth-order valence-electron chi connectivity index (χ4n) is 4.06. The average Bonchev–Trinajstić information content (AvgIpc) is 3.64. The number of ether oxygens (including phenoxy) is 1. The SMILES string of the molecule is COc1nc2cnc(C(=O)C(=O)Nc3nccs3)n2nc1C(=O)N1CCC(Cc2ccccc2)C1. The van der Waals surface area contributed by atoms with Gasteiger partial charge in [-0.05, 0) is 24.3 Å². The van der Waals surface area contributed by atoms with Gasteiger partial charge in [0.05, 0.1) is 13.3 Å². The van der Waals surface area contributed by atoms with Gasteiger partial charge in [-0.25, -0.2) is 9.97 Å². The number of benzene rings is 1. The molecule has 1 aliphatic heterocycles. The molecule has 3 aromatic heterocycles. The number of anilines is 1. The Labute approximate surface area is 203 Å². The molecular formula is C23H21N7O4S. The van der Waals surface area contributed by atoms with Crippen molar-refractivity contribution in [3.8, 4) is 5.88 Å². The highest BCUT2D eigenvalue weighted by atomic mass is 32.1. The van der Waals surface area contributed by atoms with Crippen molar-refractivity contribution in [2.24, 2.45) is 5.92 Å². The molecule has 1 fully saturated rings. The maximum absolute atomic E-state index is 13.4. The van der Waals surface area contributed by atoms with Gasteiger partial charge in [-0.2, -0.15) is 14.6 Å². The van der Waals surface area contributed by atoms with E-state index in [9.17, 15) is 14.4 Å². The first kappa shape index (κ1) is 22.6. The first-order chi connectivity index (χ1) is 17.0. The molecule has 0 aliphatic carbocycles. The summed E-state index contributed by atoms with van der Waals surface area (Å²) < 4.78 is 6.40. The number of imidazole rings is 1. The largest absolute Gasteiger partial charge is 0.479 e. The van der Waals surface area contributed by atoms with Gasteiger partial charge in [-0.1, -0.05) is 30.3 Å². The Morgan fingerprint density at radius 2 is 2.03 bits per heavy atom. The number of ketones is 1. The highest BCUT2D eigenvalue weighted by Gasteiger charge is 2.32. The molecule has 1 unspecified atom stereocenters. The van der Waals surface area contributed by atoms with Crippen LogP contribution in [0.5, 0.6) is 5.88 Å². The summed E-state index contributed by atoms with van der Waals surface area (Å²) in [4.78, 5) is 52.4. The Morgan fingerprint density at radius 1 is 1.20 bits per heavy atom. The summed E-state index contributed by atoms with van der Waals surface area (Å²) in [6.45, 7) is 1.15. The topological polar surface area (TPSA) is 132 Å². The van der Waals surface area contributed by atoms with Gasteiger partial charge in [0.15, 0.2) is 10.8 Å². The monoisotopic (exact) mass is 491 g/mol. The van der Waals surface area contributed by atoms with Crippen LogP contribution in [0.2, 0.25) is 0 Å². The van der Waals surface area contributed by atoms with Crippen molar-refractivity contribution >= 4 is 39.7 Å². The fraction of sp³-hybridized carbons (Fsp3) is 0.261. The highest BCUT2D eigenvalue weighted by molar-refractivity contribution is 7.13. The second kappa shape index (κ2) is 9.58. The van der Waals surface area contributed by atoms with Crippen LogP contribution in [-0.4, -0.2) is 67.3 Å². The Kier molecular flexibility index (Phi) is 6.19. The number of hydrogen-bond acceptors (Lipinski definition) is 9. The third-order valence-corrected chi connectivity index (χ3v) is 6.43. The minimum atomic E-state index is -0.929. The molecule has 5 rings (SSSR count). The lowest BCUT2D eigenvalue weighted by Gasteiger charge is -2.17. The van der Waals surface area contributed by atoms with Gasteiger partial charge in [0, 0.05) is 24.7 Å². The molecule has 1 aromatic carbocycles. The summed E-state index contributed by atoms with van der Waals surface area (Å²) in [6.07, 6.45) is 4.54. The van der Waals surface area contributed by atoms with E-state index in [2.05, 4.69) is 37.5 Å². The summed E-state index contributed by atoms with van der Waals surface area (Å²) >= 11 is 1.18. The van der Waals surface area contributed by atoms with Gasteiger partial charge in [0.25, 0.3) is 11.7 Å². The van der Waals surface area contributed by atoms with Crippen molar-refractivity contribution in [1.82, 2.24) is 29.5 Å². The normalized spacial score (nSPS) is 15.3. The van der Waals surface area contributed by atoms with E-state index in [1.54, 1.807) is 10.3 Å². The molecule has 178 valence electrons. The van der Waals surface area contributed by atoms with E-state index in [0.29, 0.717) is 19.0 Å². The zero-order chi connectivity index (χ0) is 24.4. The van der Waals surface area contributed by atoms with Crippen LogP contribution < -0.4 is 10.1 Å². The smallest absolute Gasteiger partial charge is 0.301 e. The maximum Gasteiger partial charge on any atom is 0.301 e. The number of rotatable bonds is 7. The molecule has 2 amide bonds. The summed E-state index contributed by atoms with van der Waals surface area (Å²) in [5, 5.41) is 8.70. The molecule has 1 N–H and O–H groups in total. The molecule has 4 heterocycles. The van der Waals surface area contributed by atoms with Crippen LogP contribution >= 0.6 is 11.3 Å². The number of carbonyl (C=O) groups excluding carboxylic acids is 3. The minimum Gasteiger partial charge on any atom is -0.479 e. The van der Waals surface area contributed by atoms with E-state index in [1.807, 2.05) is 18.2 Å². The molecule has 1 saturated heterocycles. The van der Waals surface area contributed by atoms with E-state index >= 15 is 0 Å². The molecule has 0 radical (unpaired) electrons. The van der Waals surface area contributed by atoms with Gasteiger partial charge in [-0.15, -0.1) is 11.3 Å². The number of hydrogen-bond donors (Lipinski definition) is 1. The number of carbonyl (C=O) groups is 3. The van der Waals surface area contributed by atoms with Gasteiger partial charge in [0.2, 0.25) is 17.4 Å². The zero-order valence-electron chi connectivity index (χ0n) is 18.7. The number of likely N-dealkylation sites (tertiary alicyclic amines) is 1. The van der Waals surface area contributed by atoms with E-state index in [1.165, 1.54) is 36.4 Å². The van der Waals surface area contributed by atoms with Crippen LogP contribution in [0.1, 0.15) is 33.1 Å². The van der Waals surface area contributed by atoms with Crippen molar-refractivity contribution in [2.45, 2.75) is 12.8 Å². The van der Waals surface area contributed by atoms with Crippen LogP contribution in [0.25, 0.3) is 5.65 Å². The molecule has 11 nitrogen and oxygen atoms in total. The van der Waals surface area contributed by atoms with Crippen molar-refractivity contribution in [2.75, 3.05) is 25.5 Å². The van der Waals surface area contributed by atoms with Crippen LogP contribution in [0, 0.1) is 5.92 Å². The van der Waals surface area contributed by atoms with Crippen LogP contribution in [-0.2, 0) is 11.2 Å². The van der Waals surface area contributed by atoms with E-state index in [-0.39, 0.29) is 34.1 Å². The highest BCUT2D eigenvalue weighted by Crippen LogP contribution is 2.25. The molecule has 35 heavy (non-hydrogen) atoms. The standard InChI is InChI=1S/C23H21N7O4S/c1-34-21-17(22(33)29-9-7-15(13-29)11-14-5-3-2-4-6-14)28-30-16(26-21)12-25-19(30)18(31)20(32)27-23-24-8-10-35-23/h2-6,8,10,12,15H,7,9,11,13H2,1H3,(H,24,27,32). The number of Topliss-reactive ketones (excluding diaryl/α,β-unsaturated/α-hetero) is 1. The van der Waals surface area contributed by atoms with Crippen molar-refractivity contribution < 1.29 is 19.1 Å². The minimum absolute atomic E-state index is 0.0279. The number of nitrogens with one attached hydrogen (secondary N) is 1. The van der Waals surface area contributed by atoms with Crippen LogP contribution in [0.3, 0.4) is 0 Å². The van der Waals surface area contributed by atoms with Crippen LogP contribution in [0.15, 0.2) is 48.1 Å². The van der Waals surface area contributed by atoms with Crippen molar-refractivity contribution in [1.29, 1.82) is 0 Å². The predicted molar refractivity (Wildman–Crippen MR) is 127 cm³/mol. The molecule has 0 bridgehead atoms. The first-order valence-electron chi connectivity index (χ1n) is 10.9. The fourth-order valence-corrected chi connectivity index (χ4v) is 4.59. The quantitative estimate of drug-likeness (QED) is 0.307. The second-order valence-electron chi connectivity index (χ2n) is 8.04. The number of thiazole rings is 1. The third-order valence-electron chi connectivity index (χ3n) is 5.74. The summed E-state index contributed by atoms with van der Waals surface area (Å²) in [7, 11) is 1.39. The molecule has 0 spiro atoms. The van der Waals surface area contributed by atoms with Crippen molar-refractivity contribution in [3.05, 3.63) is 65.2 Å². The Balaban J connectivity index is 1.38. The molecule has 4 aromatic rings. The van der Waals surface area contributed by atoms with E-state index in [0.717, 1.165) is 17.4 Å².